The molecule has 15 heteroatoms. The van der Waals surface area contributed by atoms with Crippen LogP contribution in [0.4, 0.5) is 0 Å². The monoisotopic (exact) mass is 867 g/mol. The molecule has 3 aliphatic carbocycles. The lowest BCUT2D eigenvalue weighted by Gasteiger charge is -2.30. The Morgan fingerprint density at radius 2 is 1.27 bits per heavy atom. The Morgan fingerprint density at radius 1 is 0.750 bits per heavy atom. The maximum absolute atomic E-state index is 13.6. The summed E-state index contributed by atoms with van der Waals surface area (Å²) in [4.78, 5) is 77.7. The maximum atomic E-state index is 13.6. The van der Waals surface area contributed by atoms with Crippen LogP contribution < -0.4 is 9.47 Å². The summed E-state index contributed by atoms with van der Waals surface area (Å²) >= 11 is 2.23. The number of unbranched alkanes of at least 4 members (excludes halogenated alkanes) is 1. The molecule has 1 heterocycles. The van der Waals surface area contributed by atoms with Crippen molar-refractivity contribution >= 4 is 59.3 Å². The second-order valence-electron chi connectivity index (χ2n) is 16.3. The second-order valence-corrected chi connectivity index (χ2v) is 18.6. The summed E-state index contributed by atoms with van der Waals surface area (Å²) in [6.07, 6.45) is 10.2. The molecule has 5 rings (SSSR count). The summed E-state index contributed by atoms with van der Waals surface area (Å²) in [5.74, 6) is -2.70. The summed E-state index contributed by atoms with van der Waals surface area (Å²) < 4.78 is 34.0. The van der Waals surface area contributed by atoms with Gasteiger partial charge in [0.1, 0.15) is 23.7 Å². The lowest BCUT2D eigenvalue weighted by atomic mass is 9.82. The van der Waals surface area contributed by atoms with E-state index in [0.29, 0.717) is 84.2 Å². The van der Waals surface area contributed by atoms with Gasteiger partial charge >= 0.3 is 35.8 Å². The van der Waals surface area contributed by atoms with Crippen molar-refractivity contribution in [3.8, 4) is 17.6 Å². The van der Waals surface area contributed by atoms with Gasteiger partial charge in [-0.25, -0.2) is 9.59 Å². The van der Waals surface area contributed by atoms with E-state index in [1.54, 1.807) is 12.1 Å². The van der Waals surface area contributed by atoms with Crippen LogP contribution in [0.15, 0.2) is 44.4 Å². The molecule has 0 unspecified atom stereocenters. The van der Waals surface area contributed by atoms with Crippen LogP contribution in [0, 0.1) is 46.8 Å². The number of rotatable bonds is 17. The Bertz CT molecular complexity index is 1810. The number of nitrogens with zero attached hydrogens (tertiary/aromatic N) is 1. The van der Waals surface area contributed by atoms with E-state index in [2.05, 4.69) is 13.5 Å². The lowest BCUT2D eigenvalue weighted by Crippen LogP contribution is -2.33. The predicted molar refractivity (Wildman–Crippen MR) is 222 cm³/mol. The third kappa shape index (κ3) is 13.1. The highest BCUT2D eigenvalue weighted by atomic mass is 32.2. The molecule has 0 radical (unpaired) electrons. The molecule has 0 bridgehead atoms. The minimum absolute atomic E-state index is 0.0242. The number of carbonyl (C=O) groups is 6. The summed E-state index contributed by atoms with van der Waals surface area (Å²) in [7, 11) is 0. The summed E-state index contributed by atoms with van der Waals surface area (Å²) in [5.41, 5.74) is -0.167. The minimum Gasteiger partial charge on any atom is -0.465 e. The van der Waals surface area contributed by atoms with Crippen molar-refractivity contribution in [3.05, 3.63) is 34.6 Å². The van der Waals surface area contributed by atoms with Crippen LogP contribution >= 0.6 is 23.5 Å². The first-order chi connectivity index (χ1) is 28.9. The highest BCUT2D eigenvalue weighted by Gasteiger charge is 2.37. The fraction of sp³-hybridized carbons (Fsp3) is 0.622. The number of hydrogen-bond acceptors (Lipinski definition) is 15. The van der Waals surface area contributed by atoms with E-state index in [9.17, 15) is 34.0 Å². The van der Waals surface area contributed by atoms with E-state index in [-0.39, 0.29) is 84.6 Å². The fourth-order valence-electron chi connectivity index (χ4n) is 7.71. The van der Waals surface area contributed by atoms with Crippen molar-refractivity contribution in [2.75, 3.05) is 19.8 Å². The Hall–Kier alpha value is -4.29. The largest absolute Gasteiger partial charge is 0.465 e. The molecule has 1 aromatic rings. The molecule has 0 saturated heterocycles. The van der Waals surface area contributed by atoms with E-state index in [0.717, 1.165) is 61.7 Å². The molecule has 326 valence electrons. The number of carbonyl (C=O) groups excluding carboxylic acids is 6. The number of nitriles is 1. The first-order valence-corrected chi connectivity index (χ1v) is 23.0. The molecule has 0 amide bonds. The van der Waals surface area contributed by atoms with Crippen molar-refractivity contribution in [1.82, 2.24) is 0 Å². The van der Waals surface area contributed by atoms with Gasteiger partial charge in [0.05, 0.1) is 57.5 Å². The van der Waals surface area contributed by atoms with E-state index in [4.69, 9.17) is 28.4 Å². The first-order valence-electron chi connectivity index (χ1n) is 21.3. The van der Waals surface area contributed by atoms with Gasteiger partial charge in [0.2, 0.25) is 0 Å². The van der Waals surface area contributed by atoms with Crippen LogP contribution in [-0.4, -0.2) is 61.7 Å². The molecule has 3 saturated carbocycles. The van der Waals surface area contributed by atoms with E-state index in [1.807, 2.05) is 19.9 Å². The molecule has 1 atom stereocenters. The van der Waals surface area contributed by atoms with E-state index < -0.39 is 23.8 Å². The number of esters is 6. The molecule has 1 aliphatic heterocycles. The average Bonchev–Trinajstić information content (AvgIpc) is 3.70. The zero-order valence-corrected chi connectivity index (χ0v) is 36.5. The molecule has 3 fully saturated rings. The molecule has 4 aliphatic rings. The number of ether oxygens (including phenoxy) is 6. The third-order valence-electron chi connectivity index (χ3n) is 11.7. The summed E-state index contributed by atoms with van der Waals surface area (Å²) in [5, 5.41) is 9.97. The number of fused-ring (bicyclic) bond motifs is 1. The zero-order chi connectivity index (χ0) is 43.2. The van der Waals surface area contributed by atoms with Gasteiger partial charge in [0.25, 0.3) is 0 Å². The zero-order valence-electron chi connectivity index (χ0n) is 34.9. The summed E-state index contributed by atoms with van der Waals surface area (Å²) in [6.45, 7) is 10.1. The number of thioether (sulfide) groups is 2. The fourth-order valence-corrected chi connectivity index (χ4v) is 10.3. The predicted octanol–water partition coefficient (Wildman–Crippen LogP) is 8.81. The van der Waals surface area contributed by atoms with Gasteiger partial charge in [0.15, 0.2) is 5.57 Å². The lowest BCUT2D eigenvalue weighted by molar-refractivity contribution is -0.161. The van der Waals surface area contributed by atoms with Crippen LogP contribution in [0.25, 0.3) is 0 Å². The SMILES string of the molecule is C=CC(=O)OCC[C@@H](C)COC(=O)C1CCC(C(=O)OC2CCC(C(=O)Oc3ccc(OC(=O)C4CCC(C)CC4)c4c3S/C(=C(\C#N)C(=O)OCCCC)S4)CC2)CC1. The van der Waals surface area contributed by atoms with Crippen molar-refractivity contribution in [2.45, 2.75) is 133 Å². The smallest absolute Gasteiger partial charge is 0.350 e. The highest BCUT2D eigenvalue weighted by Crippen LogP contribution is 2.59. The standard InChI is InChI=1S/C45H57NO12S2/c1-5-7-23-54-44(52)34(25-46)45-59-38-35(57-42(50)30-10-8-27(3)9-11-30)20-21-36(39(38)60-45)58-43(51)32-16-18-33(19-17-32)56-41(49)31-14-12-29(13-15-31)40(48)55-26-28(4)22-24-53-37(47)6-2/h6,20-21,27-33H,2,5,7-19,22-24,26H2,1,3-4H3/b45-34+/t27?,28-,29?,30?,31?,32?,33?/m1/s1. The maximum Gasteiger partial charge on any atom is 0.350 e. The normalized spacial score (nSPS) is 25.0. The molecule has 60 heavy (non-hydrogen) atoms. The Labute approximate surface area is 361 Å². The van der Waals surface area contributed by atoms with Gasteiger partial charge in [-0.3, -0.25) is 19.2 Å². The molecule has 13 nitrogen and oxygen atoms in total. The van der Waals surface area contributed by atoms with Gasteiger partial charge in [-0.1, -0.05) is 57.3 Å². The number of hydrogen-bond donors (Lipinski definition) is 0. The first kappa shape index (κ1) is 46.8. The average molecular weight is 868 g/mol. The molecule has 0 N–H and O–H groups in total. The van der Waals surface area contributed by atoms with Gasteiger partial charge in [-0.15, -0.1) is 0 Å². The van der Waals surface area contributed by atoms with Crippen LogP contribution in [-0.2, 0) is 47.7 Å². The molecular formula is C45H57NO12S2. The van der Waals surface area contributed by atoms with Crippen molar-refractivity contribution < 1.29 is 57.2 Å². The van der Waals surface area contributed by atoms with E-state index >= 15 is 0 Å². The Kier molecular flexibility index (Phi) is 18.0. The van der Waals surface area contributed by atoms with Crippen molar-refractivity contribution in [2.24, 2.45) is 35.5 Å². The van der Waals surface area contributed by atoms with Crippen molar-refractivity contribution in [3.63, 3.8) is 0 Å². The minimum atomic E-state index is -0.739. The quantitative estimate of drug-likeness (QED) is 0.0361. The van der Waals surface area contributed by atoms with E-state index in [1.165, 1.54) is 0 Å². The van der Waals surface area contributed by atoms with Crippen LogP contribution in [0.5, 0.6) is 11.5 Å². The molecule has 1 aromatic carbocycles. The molecule has 0 spiro atoms. The van der Waals surface area contributed by atoms with Gasteiger partial charge in [0, 0.05) is 6.08 Å². The molecular weight excluding hydrogens is 811 g/mol. The van der Waals surface area contributed by atoms with Crippen LogP contribution in [0.2, 0.25) is 0 Å². The third-order valence-corrected chi connectivity index (χ3v) is 14.3. The highest BCUT2D eigenvalue weighted by molar-refractivity contribution is 8.24. The number of benzene rings is 1. The van der Waals surface area contributed by atoms with Gasteiger partial charge < -0.3 is 28.4 Å². The summed E-state index contributed by atoms with van der Waals surface area (Å²) in [6, 6.07) is 5.15. The molecule has 0 aromatic heterocycles. The van der Waals surface area contributed by atoms with Crippen molar-refractivity contribution in [1.29, 1.82) is 5.26 Å². The Balaban J connectivity index is 1.12. The topological polar surface area (TPSA) is 182 Å². The van der Waals surface area contributed by atoms with Crippen LogP contribution in [0.3, 0.4) is 0 Å². The van der Waals surface area contributed by atoms with Gasteiger partial charge in [-0.05, 0) is 114 Å². The second kappa shape index (κ2) is 23.1. The Morgan fingerprint density at radius 3 is 1.80 bits per heavy atom. The van der Waals surface area contributed by atoms with Crippen LogP contribution in [0.1, 0.15) is 117 Å². The van der Waals surface area contributed by atoms with Gasteiger partial charge in [-0.2, -0.15) is 5.26 Å².